The highest BCUT2D eigenvalue weighted by molar-refractivity contribution is 5.04. The summed E-state index contributed by atoms with van der Waals surface area (Å²) in [5.74, 6) is 0. The zero-order chi connectivity index (χ0) is 15.3. The van der Waals surface area contributed by atoms with Crippen LogP contribution in [0.15, 0.2) is 0 Å². The number of nitrogens with zero attached hydrogens (tertiary/aromatic N) is 1. The first-order chi connectivity index (χ1) is 8.07. The molecule has 2 atom stereocenters. The number of rotatable bonds is 0. The number of fused-ring (bicyclic) bond motifs is 2. The van der Waals surface area contributed by atoms with Crippen LogP contribution < -0.4 is 5.32 Å². The molecule has 11 heavy (non-hydrogen) atoms. The molecule has 2 unspecified atom stereocenters. The van der Waals surface area contributed by atoms with Crippen LogP contribution in [0.25, 0.3) is 0 Å². The van der Waals surface area contributed by atoms with Gasteiger partial charge in [0.2, 0.25) is 0 Å². The predicted molar refractivity (Wildman–Crippen MR) is 46.7 cm³/mol. The van der Waals surface area contributed by atoms with Crippen molar-refractivity contribution in [1.82, 2.24) is 10.2 Å². The van der Waals surface area contributed by atoms with Gasteiger partial charge < -0.3 is 5.32 Å². The predicted octanol–water partition coefficient (Wildman–Crippen LogP) is 0.831. The minimum Gasteiger partial charge on any atom is -0.314 e. The average molecular weight is 162 g/mol. The molecule has 3 rings (SSSR count). The number of piperidine rings is 1. The lowest BCUT2D eigenvalue weighted by molar-refractivity contribution is -0.0786. The first-order valence-electron chi connectivity index (χ1n) is 7.67. The van der Waals surface area contributed by atoms with Gasteiger partial charge in [-0.15, -0.1) is 0 Å². The molecular weight excluding hydrogens is 136 g/mol. The minimum atomic E-state index is -2.65. The zero-order valence-electron chi connectivity index (χ0n) is 14.9. The fraction of sp³-hybridized carbons (Fsp3) is 1.00. The van der Waals surface area contributed by atoms with Crippen molar-refractivity contribution in [3.05, 3.63) is 0 Å². The van der Waals surface area contributed by atoms with Crippen LogP contribution in [0.2, 0.25) is 0 Å². The van der Waals surface area contributed by atoms with Crippen LogP contribution in [0.4, 0.5) is 0 Å². The Morgan fingerprint density at radius 2 is 2.00 bits per heavy atom. The Morgan fingerprint density at radius 1 is 1.45 bits per heavy atom. The minimum absolute atomic E-state index is 0.919. The SMILES string of the molecule is [2H]C1([2H])NC([2H])([2H])C2([2H])N(C(C)(C)C)C1([2H])C2([2H])[2H]. The van der Waals surface area contributed by atoms with Gasteiger partial charge >= 0.3 is 0 Å². The summed E-state index contributed by atoms with van der Waals surface area (Å²) in [6.07, 6.45) is -2.65. The topological polar surface area (TPSA) is 15.3 Å². The van der Waals surface area contributed by atoms with Gasteiger partial charge in [0.25, 0.3) is 0 Å². The molecule has 2 heteroatoms. The number of hydrogen-bond donors (Lipinski definition) is 1. The van der Waals surface area contributed by atoms with E-state index in [1.54, 1.807) is 20.8 Å². The Bertz CT molecular complexity index is 400. The van der Waals surface area contributed by atoms with Crippen LogP contribution >= 0.6 is 0 Å². The van der Waals surface area contributed by atoms with E-state index in [-0.39, 0.29) is 0 Å². The first kappa shape index (κ1) is 2.71. The van der Waals surface area contributed by atoms with Crippen LogP contribution in [0, 0.1) is 0 Å². The van der Waals surface area contributed by atoms with Crippen molar-refractivity contribution in [1.29, 1.82) is 0 Å². The summed E-state index contributed by atoms with van der Waals surface area (Å²) in [6.45, 7) is -0.378. The van der Waals surface area contributed by atoms with E-state index in [4.69, 9.17) is 11.0 Å². The molecular formula is C9H18N2. The van der Waals surface area contributed by atoms with Gasteiger partial charge in [-0.1, -0.05) is 0 Å². The monoisotopic (exact) mass is 162 g/mol. The second kappa shape index (κ2) is 2.20. The van der Waals surface area contributed by atoms with Crippen LogP contribution in [-0.2, 0) is 0 Å². The van der Waals surface area contributed by atoms with Crippen LogP contribution in [0.3, 0.4) is 0 Å². The van der Waals surface area contributed by atoms with E-state index in [9.17, 15) is 0 Å². The van der Waals surface area contributed by atoms with Crippen LogP contribution in [-0.4, -0.2) is 35.5 Å². The molecule has 3 aliphatic heterocycles. The Balaban J connectivity index is 2.73. The summed E-state index contributed by atoms with van der Waals surface area (Å²) in [5.41, 5.74) is -0.919. The summed E-state index contributed by atoms with van der Waals surface area (Å²) in [5, 5.41) is 1.98. The zero-order valence-corrected chi connectivity index (χ0v) is 6.95. The molecule has 0 spiro atoms. The Morgan fingerprint density at radius 3 is 2.45 bits per heavy atom. The van der Waals surface area contributed by atoms with Crippen LogP contribution in [0.1, 0.15) is 38.1 Å². The van der Waals surface area contributed by atoms with Crippen molar-refractivity contribution in [2.45, 2.75) is 44.7 Å². The quantitative estimate of drug-likeness (QED) is 0.567. The number of hydrogen-bond acceptors (Lipinski definition) is 2. The third-order valence-electron chi connectivity index (χ3n) is 1.72. The molecule has 3 fully saturated rings. The van der Waals surface area contributed by atoms with Gasteiger partial charge in [0.15, 0.2) is 0 Å². The summed E-state index contributed by atoms with van der Waals surface area (Å²) in [4.78, 5) is 0.990. The largest absolute Gasteiger partial charge is 0.314 e. The average Bonchev–Trinajstić information content (AvgIpc) is 2.10. The van der Waals surface area contributed by atoms with Crippen molar-refractivity contribution in [2.75, 3.05) is 13.0 Å². The molecule has 0 radical (unpaired) electrons. The molecule has 1 N–H and O–H groups in total. The molecule has 2 nitrogen and oxygen atoms in total. The van der Waals surface area contributed by atoms with Gasteiger partial charge in [-0.05, 0) is 27.1 Å². The Kier molecular flexibility index (Phi) is 0.543. The van der Waals surface area contributed by atoms with Crippen molar-refractivity contribution in [2.24, 2.45) is 0 Å². The molecule has 0 aromatic rings. The van der Waals surface area contributed by atoms with Gasteiger partial charge in [0.1, 0.15) is 0 Å². The first-order valence-corrected chi connectivity index (χ1v) is 3.67. The highest BCUT2D eigenvalue weighted by Crippen LogP contribution is 2.35. The molecule has 3 heterocycles. The lowest BCUT2D eigenvalue weighted by Gasteiger charge is -2.59. The van der Waals surface area contributed by atoms with Crippen molar-refractivity contribution in [3.8, 4) is 0 Å². The van der Waals surface area contributed by atoms with E-state index in [0.717, 1.165) is 4.90 Å². The normalized spacial score (nSPS) is 76.3. The highest BCUT2D eigenvalue weighted by atomic mass is 15.3. The van der Waals surface area contributed by atoms with E-state index >= 15 is 0 Å². The smallest absolute Gasteiger partial charge is 0.0481 e. The maximum absolute atomic E-state index is 8.24. The maximum Gasteiger partial charge on any atom is 0.0481 e. The summed E-state index contributed by atoms with van der Waals surface area (Å²) < 4.78 is 63.7. The van der Waals surface area contributed by atoms with Gasteiger partial charge in [0.05, 0.1) is 0 Å². The van der Waals surface area contributed by atoms with Gasteiger partial charge in [-0.25, -0.2) is 0 Å². The molecule has 0 aliphatic carbocycles. The summed E-state index contributed by atoms with van der Waals surface area (Å²) >= 11 is 0. The van der Waals surface area contributed by atoms with Crippen molar-refractivity contribution < 1.29 is 11.0 Å². The molecule has 3 aliphatic rings. The molecule has 0 saturated carbocycles. The van der Waals surface area contributed by atoms with E-state index in [1.165, 1.54) is 0 Å². The molecule has 3 saturated heterocycles. The van der Waals surface area contributed by atoms with Crippen LogP contribution in [0.5, 0.6) is 0 Å². The molecule has 0 aromatic carbocycles. The lowest BCUT2D eigenvalue weighted by Crippen LogP contribution is -2.72. The molecule has 64 valence electrons. The third-order valence-corrected chi connectivity index (χ3v) is 1.72. The lowest BCUT2D eigenvalue weighted by atomic mass is 9.83. The molecule has 0 amide bonds. The number of piperazine rings is 1. The molecule has 2 bridgehead atoms. The third kappa shape index (κ3) is 1.09. The highest BCUT2D eigenvalue weighted by Gasteiger charge is 2.46. The van der Waals surface area contributed by atoms with E-state index in [2.05, 4.69) is 0 Å². The number of nitrogens with one attached hydrogen (secondary N) is 1. The Hall–Kier alpha value is -0.0800. The standard InChI is InChI=1S/C9H18N2/c1-9(2,3)11-7-4-8(11)6-10-5-7/h7-8,10H,4-6H2,1-3H3/i4D2,5D2,6D2,7D,8D. The summed E-state index contributed by atoms with van der Waals surface area (Å²) in [7, 11) is 0. The van der Waals surface area contributed by atoms with Crippen molar-refractivity contribution >= 4 is 0 Å². The van der Waals surface area contributed by atoms with E-state index < -0.39 is 36.9 Å². The second-order valence-electron chi connectivity index (χ2n) is 3.70. The maximum atomic E-state index is 8.24. The second-order valence-corrected chi connectivity index (χ2v) is 3.70. The van der Waals surface area contributed by atoms with Gasteiger partial charge in [-0.2, -0.15) is 0 Å². The van der Waals surface area contributed by atoms with Gasteiger partial charge in [0, 0.05) is 41.5 Å². The van der Waals surface area contributed by atoms with Crippen molar-refractivity contribution in [3.63, 3.8) is 0 Å². The van der Waals surface area contributed by atoms with Gasteiger partial charge in [-0.3, -0.25) is 4.90 Å². The Labute approximate surface area is 80.2 Å². The fourth-order valence-electron chi connectivity index (χ4n) is 1.28. The van der Waals surface area contributed by atoms with E-state index in [0.29, 0.717) is 0 Å². The fourth-order valence-corrected chi connectivity index (χ4v) is 1.28. The van der Waals surface area contributed by atoms with E-state index in [1.807, 2.05) is 5.32 Å². The summed E-state index contributed by atoms with van der Waals surface area (Å²) in [6, 6.07) is -4.71. The molecule has 0 aromatic heterocycles.